The molecular weight excluding hydrogens is 372 g/mol. The van der Waals surface area contributed by atoms with Gasteiger partial charge in [-0.3, -0.25) is 9.69 Å². The molecule has 3 rings (SSSR count). The third-order valence-corrected chi connectivity index (χ3v) is 5.64. The predicted octanol–water partition coefficient (Wildman–Crippen LogP) is -0.479. The number of sulfonamides is 1. The lowest BCUT2D eigenvalue weighted by atomic mass is 10.1. The molecule has 9 nitrogen and oxygen atoms in total. The maximum absolute atomic E-state index is 12.1. The first-order chi connectivity index (χ1) is 12.8. The van der Waals surface area contributed by atoms with Gasteiger partial charge in [0.15, 0.2) is 0 Å². The van der Waals surface area contributed by atoms with Crippen LogP contribution in [0, 0.1) is 0 Å². The van der Waals surface area contributed by atoms with Gasteiger partial charge in [0, 0.05) is 32.2 Å². The van der Waals surface area contributed by atoms with E-state index in [1.54, 1.807) is 6.07 Å². The Hall–Kier alpha value is -2.17. The van der Waals surface area contributed by atoms with Gasteiger partial charge in [-0.05, 0) is 31.0 Å². The number of nitrogens with zero attached hydrogens (tertiary/aromatic N) is 2. The number of methoxy groups -OCH3 is 1. The fourth-order valence-corrected chi connectivity index (χ4v) is 3.63. The maximum Gasteiger partial charge on any atom is 0.340 e. The highest BCUT2D eigenvalue weighted by atomic mass is 32.2. The number of benzene rings is 1. The fraction of sp³-hybridized carbons (Fsp3) is 0.529. The van der Waals surface area contributed by atoms with E-state index in [0.29, 0.717) is 44.5 Å². The molecule has 1 aliphatic carbocycles. The van der Waals surface area contributed by atoms with E-state index in [4.69, 9.17) is 9.88 Å². The third kappa shape index (κ3) is 4.96. The number of primary sulfonamides is 1. The molecule has 0 radical (unpaired) electrons. The summed E-state index contributed by atoms with van der Waals surface area (Å²) < 4.78 is 27.9. The fourth-order valence-electron chi connectivity index (χ4n) is 3.09. The Bertz CT molecular complexity index is 830. The molecule has 0 bridgehead atoms. The van der Waals surface area contributed by atoms with Crippen molar-refractivity contribution in [1.29, 1.82) is 0 Å². The van der Waals surface area contributed by atoms with Gasteiger partial charge in [0.2, 0.25) is 15.9 Å². The number of carbonyl (C=O) groups excluding carboxylic acids is 2. The smallest absolute Gasteiger partial charge is 0.340 e. The number of nitrogens with two attached hydrogens (primary N) is 1. The quantitative estimate of drug-likeness (QED) is 0.623. The van der Waals surface area contributed by atoms with Crippen molar-refractivity contribution >= 4 is 27.6 Å². The molecule has 2 fully saturated rings. The monoisotopic (exact) mass is 396 g/mol. The molecule has 0 atom stereocenters. The van der Waals surface area contributed by atoms with Crippen LogP contribution in [0.25, 0.3) is 0 Å². The molecule has 1 saturated heterocycles. The Morgan fingerprint density at radius 3 is 2.44 bits per heavy atom. The second-order valence-electron chi connectivity index (χ2n) is 6.82. The molecule has 3 N–H and O–H groups in total. The zero-order chi connectivity index (χ0) is 19.6. The summed E-state index contributed by atoms with van der Waals surface area (Å²) in [7, 11) is -2.68. The normalized spacial score (nSPS) is 18.2. The van der Waals surface area contributed by atoms with E-state index in [1.807, 2.05) is 4.90 Å². The van der Waals surface area contributed by atoms with Crippen molar-refractivity contribution in [1.82, 2.24) is 10.2 Å². The van der Waals surface area contributed by atoms with Crippen LogP contribution in [0.3, 0.4) is 0 Å². The highest BCUT2D eigenvalue weighted by molar-refractivity contribution is 7.89. The van der Waals surface area contributed by atoms with Crippen LogP contribution >= 0.6 is 0 Å². The molecule has 2 aliphatic rings. The second-order valence-corrected chi connectivity index (χ2v) is 8.38. The number of piperazine rings is 1. The molecule has 1 aliphatic heterocycles. The summed E-state index contributed by atoms with van der Waals surface area (Å²) >= 11 is 0. The molecule has 1 amide bonds. The highest BCUT2D eigenvalue weighted by Crippen LogP contribution is 2.26. The molecule has 1 heterocycles. The van der Waals surface area contributed by atoms with Gasteiger partial charge >= 0.3 is 5.97 Å². The van der Waals surface area contributed by atoms with Gasteiger partial charge in [0.25, 0.3) is 0 Å². The Kier molecular flexibility index (Phi) is 5.68. The Morgan fingerprint density at radius 2 is 1.89 bits per heavy atom. The average Bonchev–Trinajstić information content (AvgIpc) is 3.44. The average molecular weight is 396 g/mol. The lowest BCUT2D eigenvalue weighted by Gasteiger charge is -2.36. The van der Waals surface area contributed by atoms with Crippen LogP contribution in [0.2, 0.25) is 0 Å². The van der Waals surface area contributed by atoms with Crippen molar-refractivity contribution < 1.29 is 22.7 Å². The van der Waals surface area contributed by atoms with E-state index < -0.39 is 16.0 Å². The first-order valence-corrected chi connectivity index (χ1v) is 10.3. The van der Waals surface area contributed by atoms with Gasteiger partial charge in [-0.1, -0.05) is 0 Å². The zero-order valence-corrected chi connectivity index (χ0v) is 16.0. The van der Waals surface area contributed by atoms with E-state index in [2.05, 4.69) is 10.2 Å². The number of ether oxygens (including phenoxy) is 1. The minimum atomic E-state index is -3.92. The molecular formula is C17H24N4O5S. The zero-order valence-electron chi connectivity index (χ0n) is 15.2. The number of hydrogen-bond acceptors (Lipinski definition) is 7. The molecule has 0 aromatic heterocycles. The second kappa shape index (κ2) is 7.83. The Balaban J connectivity index is 1.69. The van der Waals surface area contributed by atoms with Crippen LogP contribution < -0.4 is 15.4 Å². The van der Waals surface area contributed by atoms with Crippen molar-refractivity contribution in [3.63, 3.8) is 0 Å². The molecule has 27 heavy (non-hydrogen) atoms. The number of anilines is 1. The van der Waals surface area contributed by atoms with Crippen molar-refractivity contribution in [2.45, 2.75) is 23.8 Å². The number of carbonyl (C=O) groups is 2. The van der Waals surface area contributed by atoms with Crippen LogP contribution in [0.4, 0.5) is 5.69 Å². The van der Waals surface area contributed by atoms with E-state index in [-0.39, 0.29) is 16.4 Å². The van der Waals surface area contributed by atoms with Crippen molar-refractivity contribution in [3.8, 4) is 0 Å². The number of rotatable bonds is 6. The van der Waals surface area contributed by atoms with Gasteiger partial charge in [-0.15, -0.1) is 0 Å². The Morgan fingerprint density at radius 1 is 1.22 bits per heavy atom. The summed E-state index contributed by atoms with van der Waals surface area (Å²) in [5.74, 6) is -0.583. The number of esters is 1. The summed E-state index contributed by atoms with van der Waals surface area (Å²) in [5.41, 5.74) is 0.750. The lowest BCUT2D eigenvalue weighted by Crippen LogP contribution is -2.50. The van der Waals surface area contributed by atoms with Gasteiger partial charge in [-0.2, -0.15) is 0 Å². The summed E-state index contributed by atoms with van der Waals surface area (Å²) in [6, 6.07) is 4.54. The van der Waals surface area contributed by atoms with Crippen LogP contribution in [0.15, 0.2) is 23.1 Å². The summed E-state index contributed by atoms with van der Waals surface area (Å²) in [5, 5.41) is 8.13. The highest BCUT2D eigenvalue weighted by Gasteiger charge is 2.27. The van der Waals surface area contributed by atoms with Crippen molar-refractivity contribution in [2.24, 2.45) is 5.14 Å². The SMILES string of the molecule is COC(=O)c1cc(S(N)(=O)=O)ccc1N1CCN(CC(=O)NC2CC2)CC1. The van der Waals surface area contributed by atoms with Gasteiger partial charge in [-0.25, -0.2) is 18.4 Å². The van der Waals surface area contributed by atoms with E-state index in [9.17, 15) is 18.0 Å². The minimum Gasteiger partial charge on any atom is -0.465 e. The summed E-state index contributed by atoms with van der Waals surface area (Å²) in [4.78, 5) is 28.0. The van der Waals surface area contributed by atoms with Gasteiger partial charge in [0.1, 0.15) is 0 Å². The first kappa shape index (κ1) is 19.6. The first-order valence-electron chi connectivity index (χ1n) is 8.80. The topological polar surface area (TPSA) is 122 Å². The van der Waals surface area contributed by atoms with E-state index in [1.165, 1.54) is 19.2 Å². The van der Waals surface area contributed by atoms with Crippen molar-refractivity contribution in [3.05, 3.63) is 23.8 Å². The van der Waals surface area contributed by atoms with Crippen LogP contribution in [-0.4, -0.2) is 71.1 Å². The lowest BCUT2D eigenvalue weighted by molar-refractivity contribution is -0.122. The number of amides is 1. The molecule has 1 aromatic rings. The van der Waals surface area contributed by atoms with Gasteiger partial charge < -0.3 is 15.0 Å². The third-order valence-electron chi connectivity index (χ3n) is 4.72. The standard InChI is InChI=1S/C17H24N4O5S/c1-26-17(23)14-10-13(27(18,24)25)4-5-15(14)21-8-6-20(7-9-21)11-16(22)19-12-2-3-12/h4-5,10,12H,2-3,6-9,11H2,1H3,(H,19,22)(H2,18,24,25). The van der Waals surface area contributed by atoms with E-state index >= 15 is 0 Å². The summed E-state index contributed by atoms with van der Waals surface area (Å²) in [6.45, 7) is 2.90. The Labute approximate surface area is 158 Å². The molecule has 1 aromatic carbocycles. The van der Waals surface area contributed by atoms with Crippen molar-refractivity contribution in [2.75, 3.05) is 44.7 Å². The number of hydrogen-bond donors (Lipinski definition) is 2. The van der Waals surface area contributed by atoms with Crippen LogP contribution in [0.5, 0.6) is 0 Å². The van der Waals surface area contributed by atoms with Crippen LogP contribution in [0.1, 0.15) is 23.2 Å². The molecule has 1 saturated carbocycles. The predicted molar refractivity (Wildman–Crippen MR) is 99.0 cm³/mol. The molecule has 10 heteroatoms. The molecule has 0 spiro atoms. The molecule has 148 valence electrons. The van der Waals surface area contributed by atoms with Gasteiger partial charge in [0.05, 0.1) is 29.8 Å². The molecule has 0 unspecified atom stereocenters. The minimum absolute atomic E-state index is 0.0405. The number of nitrogens with one attached hydrogen (secondary N) is 1. The maximum atomic E-state index is 12.1. The van der Waals surface area contributed by atoms with E-state index in [0.717, 1.165) is 12.8 Å². The van der Waals surface area contributed by atoms with Crippen LogP contribution in [-0.2, 0) is 19.6 Å². The largest absolute Gasteiger partial charge is 0.465 e. The summed E-state index contributed by atoms with van der Waals surface area (Å²) in [6.07, 6.45) is 2.12.